The third-order valence-corrected chi connectivity index (χ3v) is 2.23. The van der Waals surface area contributed by atoms with Crippen molar-refractivity contribution in [3.8, 4) is 11.5 Å². The number of amides is 2. The van der Waals surface area contributed by atoms with Gasteiger partial charge in [-0.1, -0.05) is 0 Å². The second-order valence-electron chi connectivity index (χ2n) is 3.26. The summed E-state index contributed by atoms with van der Waals surface area (Å²) in [6.07, 6.45) is 0. The molecule has 1 rings (SSSR count). The normalized spacial score (nSPS) is 9.50. The molecular weight excluding hydrogens is 240 g/mol. The molecule has 2 amide bonds. The standard InChI is InChI=1S/C11H14N2O5/c1-12-11(16)13-7-5-9(18-3)8(17-2)4-6(7)10(14)15/h4-5H,1-3H3,(H,14,15)(H2,12,13,16). The van der Waals surface area contributed by atoms with E-state index in [1.165, 1.54) is 33.4 Å². The molecule has 0 fully saturated rings. The van der Waals surface area contributed by atoms with Crippen molar-refractivity contribution in [2.75, 3.05) is 26.6 Å². The highest BCUT2D eigenvalue weighted by Crippen LogP contribution is 2.33. The molecule has 18 heavy (non-hydrogen) atoms. The highest BCUT2D eigenvalue weighted by molar-refractivity contribution is 6.00. The third kappa shape index (κ3) is 2.82. The van der Waals surface area contributed by atoms with Crippen molar-refractivity contribution in [3.05, 3.63) is 17.7 Å². The SMILES string of the molecule is CNC(=O)Nc1cc(OC)c(OC)cc1C(=O)O. The van der Waals surface area contributed by atoms with Gasteiger partial charge in [0.15, 0.2) is 11.5 Å². The van der Waals surface area contributed by atoms with Crippen molar-refractivity contribution >= 4 is 17.7 Å². The van der Waals surface area contributed by atoms with Gasteiger partial charge in [0.05, 0.1) is 25.5 Å². The zero-order valence-corrected chi connectivity index (χ0v) is 10.2. The van der Waals surface area contributed by atoms with E-state index in [1.807, 2.05) is 0 Å². The van der Waals surface area contributed by atoms with E-state index in [0.717, 1.165) is 0 Å². The maximum Gasteiger partial charge on any atom is 0.337 e. The van der Waals surface area contributed by atoms with Crippen LogP contribution < -0.4 is 20.1 Å². The number of rotatable bonds is 4. The number of carbonyl (C=O) groups excluding carboxylic acids is 1. The van der Waals surface area contributed by atoms with Crippen molar-refractivity contribution < 1.29 is 24.2 Å². The molecule has 1 aromatic carbocycles. The van der Waals surface area contributed by atoms with Gasteiger partial charge in [0.2, 0.25) is 0 Å². The van der Waals surface area contributed by atoms with Crippen LogP contribution in [-0.4, -0.2) is 38.4 Å². The number of methoxy groups -OCH3 is 2. The summed E-state index contributed by atoms with van der Waals surface area (Å²) in [5.74, 6) is -0.575. The van der Waals surface area contributed by atoms with Gasteiger partial charge in [-0.05, 0) is 0 Å². The average molecular weight is 254 g/mol. The van der Waals surface area contributed by atoms with E-state index in [1.54, 1.807) is 0 Å². The molecule has 0 aliphatic carbocycles. The van der Waals surface area contributed by atoms with Crippen LogP contribution in [-0.2, 0) is 0 Å². The van der Waals surface area contributed by atoms with Crippen molar-refractivity contribution in [2.24, 2.45) is 0 Å². The van der Waals surface area contributed by atoms with E-state index in [-0.39, 0.29) is 17.0 Å². The lowest BCUT2D eigenvalue weighted by molar-refractivity contribution is 0.0697. The summed E-state index contributed by atoms with van der Waals surface area (Å²) in [7, 11) is 4.24. The first-order valence-corrected chi connectivity index (χ1v) is 5.01. The minimum absolute atomic E-state index is 0.0868. The van der Waals surface area contributed by atoms with E-state index in [9.17, 15) is 9.59 Å². The summed E-state index contributed by atoms with van der Waals surface area (Å²) >= 11 is 0. The number of aromatic carboxylic acids is 1. The fraction of sp³-hybridized carbons (Fsp3) is 0.273. The molecule has 0 aliphatic rings. The van der Waals surface area contributed by atoms with E-state index in [2.05, 4.69) is 10.6 Å². The fourth-order valence-corrected chi connectivity index (χ4v) is 1.34. The van der Waals surface area contributed by atoms with Crippen LogP contribution in [0.1, 0.15) is 10.4 Å². The predicted molar refractivity (Wildman–Crippen MR) is 64.6 cm³/mol. The van der Waals surface area contributed by atoms with Crippen molar-refractivity contribution in [1.29, 1.82) is 0 Å². The van der Waals surface area contributed by atoms with Crippen LogP contribution >= 0.6 is 0 Å². The van der Waals surface area contributed by atoms with E-state index in [0.29, 0.717) is 5.75 Å². The Balaban J connectivity index is 3.28. The topological polar surface area (TPSA) is 96.9 Å². The summed E-state index contributed by atoms with van der Waals surface area (Å²) in [4.78, 5) is 22.3. The molecule has 98 valence electrons. The Labute approximate surface area is 104 Å². The van der Waals surface area contributed by atoms with Gasteiger partial charge in [-0.2, -0.15) is 0 Å². The molecule has 0 bridgehead atoms. The maximum atomic E-state index is 11.2. The molecule has 0 saturated carbocycles. The lowest BCUT2D eigenvalue weighted by atomic mass is 10.1. The zero-order chi connectivity index (χ0) is 13.7. The maximum absolute atomic E-state index is 11.2. The summed E-state index contributed by atoms with van der Waals surface area (Å²) in [6.45, 7) is 0. The monoisotopic (exact) mass is 254 g/mol. The van der Waals surface area contributed by atoms with Crippen LogP contribution in [0, 0.1) is 0 Å². The van der Waals surface area contributed by atoms with Crippen molar-refractivity contribution in [1.82, 2.24) is 5.32 Å². The number of hydrogen-bond acceptors (Lipinski definition) is 4. The number of anilines is 1. The number of carboxylic acid groups (broad SMARTS) is 1. The molecule has 0 heterocycles. The van der Waals surface area contributed by atoms with E-state index >= 15 is 0 Å². The van der Waals surface area contributed by atoms with Gasteiger partial charge in [0.25, 0.3) is 0 Å². The number of carbonyl (C=O) groups is 2. The van der Waals surface area contributed by atoms with Crippen molar-refractivity contribution in [3.63, 3.8) is 0 Å². The molecule has 0 unspecified atom stereocenters. The minimum atomic E-state index is -1.18. The molecular formula is C11H14N2O5. The molecule has 0 atom stereocenters. The summed E-state index contributed by atoms with van der Waals surface area (Å²) < 4.78 is 10.0. The molecule has 7 heteroatoms. The van der Waals surface area contributed by atoms with Gasteiger partial charge in [-0.15, -0.1) is 0 Å². The molecule has 1 aromatic rings. The first kappa shape index (κ1) is 13.6. The first-order valence-electron chi connectivity index (χ1n) is 5.01. The van der Waals surface area contributed by atoms with Crippen LogP contribution in [0.5, 0.6) is 11.5 Å². The Bertz CT molecular complexity index is 473. The largest absolute Gasteiger partial charge is 0.493 e. The van der Waals surface area contributed by atoms with Gasteiger partial charge in [0, 0.05) is 19.2 Å². The quantitative estimate of drug-likeness (QED) is 0.749. The van der Waals surface area contributed by atoms with Crippen LogP contribution in [0.15, 0.2) is 12.1 Å². The van der Waals surface area contributed by atoms with E-state index < -0.39 is 12.0 Å². The molecule has 0 radical (unpaired) electrons. The second kappa shape index (κ2) is 5.76. The van der Waals surface area contributed by atoms with Gasteiger partial charge >= 0.3 is 12.0 Å². The minimum Gasteiger partial charge on any atom is -0.493 e. The molecule has 7 nitrogen and oxygen atoms in total. The predicted octanol–water partition coefficient (Wildman–Crippen LogP) is 1.15. The van der Waals surface area contributed by atoms with Crippen molar-refractivity contribution in [2.45, 2.75) is 0 Å². The molecule has 0 aromatic heterocycles. The Morgan fingerprint density at radius 1 is 1.17 bits per heavy atom. The van der Waals surface area contributed by atoms with Gasteiger partial charge < -0.3 is 25.2 Å². The smallest absolute Gasteiger partial charge is 0.337 e. The molecule has 0 saturated heterocycles. The zero-order valence-electron chi connectivity index (χ0n) is 10.2. The van der Waals surface area contributed by atoms with Crippen LogP contribution in [0.3, 0.4) is 0 Å². The Hall–Kier alpha value is -2.44. The Kier molecular flexibility index (Phi) is 4.36. The summed E-state index contributed by atoms with van der Waals surface area (Å²) in [5.41, 5.74) is 0.0377. The third-order valence-electron chi connectivity index (χ3n) is 2.23. The highest BCUT2D eigenvalue weighted by atomic mass is 16.5. The Morgan fingerprint density at radius 3 is 2.17 bits per heavy atom. The van der Waals surface area contributed by atoms with Gasteiger partial charge in [-0.3, -0.25) is 0 Å². The number of carboxylic acids is 1. The number of ether oxygens (including phenoxy) is 2. The highest BCUT2D eigenvalue weighted by Gasteiger charge is 2.17. The van der Waals surface area contributed by atoms with Gasteiger partial charge in [0.1, 0.15) is 0 Å². The van der Waals surface area contributed by atoms with Crippen LogP contribution in [0.2, 0.25) is 0 Å². The fourth-order valence-electron chi connectivity index (χ4n) is 1.34. The lowest BCUT2D eigenvalue weighted by Gasteiger charge is -2.13. The van der Waals surface area contributed by atoms with Gasteiger partial charge in [-0.25, -0.2) is 9.59 Å². The van der Waals surface area contributed by atoms with Crippen LogP contribution in [0.25, 0.3) is 0 Å². The molecule has 0 aliphatic heterocycles. The van der Waals surface area contributed by atoms with Crippen LogP contribution in [0.4, 0.5) is 10.5 Å². The first-order chi connectivity index (χ1) is 8.53. The molecule has 3 N–H and O–H groups in total. The van der Waals surface area contributed by atoms with E-state index in [4.69, 9.17) is 14.6 Å². The number of urea groups is 1. The number of benzene rings is 1. The summed E-state index contributed by atoms with van der Waals surface area (Å²) in [5, 5.41) is 13.8. The molecule has 0 spiro atoms. The average Bonchev–Trinajstić information content (AvgIpc) is 2.37. The lowest BCUT2D eigenvalue weighted by Crippen LogP contribution is -2.25. The number of hydrogen-bond donors (Lipinski definition) is 3. The number of nitrogens with one attached hydrogen (secondary N) is 2. The second-order valence-corrected chi connectivity index (χ2v) is 3.26. The Morgan fingerprint density at radius 2 is 1.72 bits per heavy atom. The summed E-state index contributed by atoms with van der Waals surface area (Å²) in [6, 6.07) is 2.15.